The first-order valence-corrected chi connectivity index (χ1v) is 10.5. The zero-order chi connectivity index (χ0) is 24.7. The average Bonchev–Trinajstić information content (AvgIpc) is 3.14. The Balaban J connectivity index is 1.93. The summed E-state index contributed by atoms with van der Waals surface area (Å²) < 4.78 is 94.0. The topological polar surface area (TPSA) is 52.4 Å². The predicted octanol–water partition coefficient (Wildman–Crippen LogP) is 5.39. The maximum Gasteiger partial charge on any atom is 0.419 e. The number of aromatic nitrogens is 3. The van der Waals surface area contributed by atoms with E-state index in [1.165, 1.54) is 13.3 Å². The first-order valence-electron chi connectivity index (χ1n) is 10.5. The Kier molecular flexibility index (Phi) is 6.47. The molecule has 0 saturated carbocycles. The van der Waals surface area contributed by atoms with Gasteiger partial charge in [0.25, 0.3) is 0 Å². The number of rotatable bonds is 5. The molecule has 34 heavy (non-hydrogen) atoms. The number of halogens is 6. The minimum Gasteiger partial charge on any atom is -0.465 e. The molecule has 1 aromatic carbocycles. The van der Waals surface area contributed by atoms with E-state index in [9.17, 15) is 26.3 Å². The summed E-state index contributed by atoms with van der Waals surface area (Å²) in [4.78, 5) is 2.07. The van der Waals surface area contributed by atoms with E-state index in [1.54, 1.807) is 4.57 Å². The highest BCUT2D eigenvalue weighted by atomic mass is 19.4. The maximum absolute atomic E-state index is 14.4. The number of benzene rings is 1. The van der Waals surface area contributed by atoms with Crippen LogP contribution in [-0.2, 0) is 17.1 Å². The molecular formula is C22H22F6N4O2. The van der Waals surface area contributed by atoms with Crippen molar-refractivity contribution < 1.29 is 35.8 Å². The van der Waals surface area contributed by atoms with Crippen LogP contribution in [0, 0.1) is 0 Å². The maximum atomic E-state index is 14.4. The molecule has 1 aliphatic heterocycles. The lowest BCUT2D eigenvalue weighted by atomic mass is 10.0. The highest BCUT2D eigenvalue weighted by Crippen LogP contribution is 2.45. The lowest BCUT2D eigenvalue weighted by molar-refractivity contribution is -0.138. The zero-order valence-corrected chi connectivity index (χ0v) is 18.4. The van der Waals surface area contributed by atoms with Crippen molar-refractivity contribution in [3.8, 4) is 17.0 Å². The summed E-state index contributed by atoms with van der Waals surface area (Å²) in [7, 11) is 3.27. The van der Waals surface area contributed by atoms with Crippen molar-refractivity contribution in [2.24, 2.45) is 0 Å². The normalized spacial score (nSPS) is 17.9. The lowest BCUT2D eigenvalue weighted by Crippen LogP contribution is -2.33. The number of methoxy groups -OCH3 is 1. The Morgan fingerprint density at radius 1 is 1.03 bits per heavy atom. The molecule has 1 atom stereocenters. The summed E-state index contributed by atoms with van der Waals surface area (Å²) in [5, 5.41) is 7.61. The van der Waals surface area contributed by atoms with Crippen LogP contribution in [-0.4, -0.2) is 53.7 Å². The Bertz CT molecular complexity index is 1160. The largest absolute Gasteiger partial charge is 0.465 e. The number of nitrogens with zero attached hydrogens (tertiary/aromatic N) is 4. The third kappa shape index (κ3) is 4.69. The molecule has 0 amide bonds. The van der Waals surface area contributed by atoms with Gasteiger partial charge in [-0.15, -0.1) is 10.2 Å². The van der Waals surface area contributed by atoms with Crippen molar-refractivity contribution in [1.29, 1.82) is 0 Å². The standard InChI is InChI=1S/C22H22F6N4O2/c1-31-9-3-4-15(10-31)32-11-16(34-12-33-2)17-18(22(26,27)28)19(29-30-20(17)32)13-5-7-14(8-6-13)21(23,24)25/h5-8,11,15H,3-4,9-10,12H2,1-2H3. The smallest absolute Gasteiger partial charge is 0.419 e. The fraction of sp³-hybridized carbons (Fsp3) is 0.455. The van der Waals surface area contributed by atoms with Gasteiger partial charge >= 0.3 is 12.4 Å². The van der Waals surface area contributed by atoms with Gasteiger partial charge in [-0.1, -0.05) is 12.1 Å². The van der Waals surface area contributed by atoms with Gasteiger partial charge < -0.3 is 18.9 Å². The Morgan fingerprint density at radius 3 is 2.32 bits per heavy atom. The second-order valence-corrected chi connectivity index (χ2v) is 8.20. The molecule has 1 saturated heterocycles. The van der Waals surface area contributed by atoms with Gasteiger partial charge in [-0.3, -0.25) is 0 Å². The monoisotopic (exact) mass is 488 g/mol. The Labute approximate surface area is 191 Å². The number of fused-ring (bicyclic) bond motifs is 1. The van der Waals surface area contributed by atoms with Crippen LogP contribution in [0.25, 0.3) is 22.3 Å². The van der Waals surface area contributed by atoms with E-state index < -0.39 is 29.2 Å². The van der Waals surface area contributed by atoms with Gasteiger partial charge in [-0.05, 0) is 38.6 Å². The molecule has 2 aromatic heterocycles. The van der Waals surface area contributed by atoms with E-state index in [0.29, 0.717) is 18.7 Å². The van der Waals surface area contributed by atoms with Gasteiger partial charge in [0.2, 0.25) is 0 Å². The molecule has 4 rings (SSSR count). The molecule has 1 aliphatic rings. The molecule has 6 nitrogen and oxygen atoms in total. The molecule has 3 heterocycles. The molecule has 0 N–H and O–H groups in total. The fourth-order valence-corrected chi connectivity index (χ4v) is 4.27. The van der Waals surface area contributed by atoms with Crippen molar-refractivity contribution in [2.45, 2.75) is 31.2 Å². The van der Waals surface area contributed by atoms with Gasteiger partial charge in [-0.25, -0.2) is 0 Å². The average molecular weight is 488 g/mol. The molecule has 0 spiro atoms. The molecule has 0 bridgehead atoms. The fourth-order valence-electron chi connectivity index (χ4n) is 4.27. The SMILES string of the molecule is COCOc1cn(C2CCCN(C)C2)c2nnc(-c3ccc(C(F)(F)F)cc3)c(C(F)(F)F)c12. The van der Waals surface area contributed by atoms with Crippen molar-refractivity contribution in [3.05, 3.63) is 41.6 Å². The van der Waals surface area contributed by atoms with Crippen molar-refractivity contribution >= 4 is 11.0 Å². The van der Waals surface area contributed by atoms with Gasteiger partial charge in [0.05, 0.1) is 16.5 Å². The second kappa shape index (κ2) is 9.06. The molecule has 0 radical (unpaired) electrons. The first kappa shape index (κ1) is 24.3. The molecule has 1 fully saturated rings. The van der Waals surface area contributed by atoms with Crippen LogP contribution in [0.5, 0.6) is 5.75 Å². The third-order valence-corrected chi connectivity index (χ3v) is 5.80. The summed E-state index contributed by atoms with van der Waals surface area (Å²) >= 11 is 0. The van der Waals surface area contributed by atoms with E-state index in [4.69, 9.17) is 9.47 Å². The molecule has 184 valence electrons. The molecule has 3 aromatic rings. The van der Waals surface area contributed by atoms with E-state index in [1.807, 2.05) is 7.05 Å². The van der Waals surface area contributed by atoms with Crippen LogP contribution in [0.15, 0.2) is 30.5 Å². The molecule has 1 unspecified atom stereocenters. The highest BCUT2D eigenvalue weighted by Gasteiger charge is 2.40. The molecular weight excluding hydrogens is 466 g/mol. The van der Waals surface area contributed by atoms with Crippen LogP contribution >= 0.6 is 0 Å². The predicted molar refractivity (Wildman–Crippen MR) is 111 cm³/mol. The molecule has 12 heteroatoms. The Morgan fingerprint density at radius 2 is 1.74 bits per heavy atom. The second-order valence-electron chi connectivity index (χ2n) is 8.20. The van der Waals surface area contributed by atoms with E-state index in [-0.39, 0.29) is 35.2 Å². The highest BCUT2D eigenvalue weighted by molar-refractivity contribution is 5.92. The number of alkyl halides is 6. The van der Waals surface area contributed by atoms with Crippen LogP contribution in [0.4, 0.5) is 26.3 Å². The number of ether oxygens (including phenoxy) is 2. The first-order chi connectivity index (χ1) is 16.0. The number of likely N-dealkylation sites (tertiary alicyclic amines) is 1. The third-order valence-electron chi connectivity index (χ3n) is 5.80. The van der Waals surface area contributed by atoms with Crippen LogP contribution in [0.2, 0.25) is 0 Å². The Hall–Kier alpha value is -2.86. The number of likely N-dealkylation sites (N-methyl/N-ethyl adjacent to an activating group) is 1. The van der Waals surface area contributed by atoms with E-state index >= 15 is 0 Å². The van der Waals surface area contributed by atoms with Crippen molar-refractivity contribution in [2.75, 3.05) is 34.0 Å². The van der Waals surface area contributed by atoms with Crippen LogP contribution in [0.1, 0.15) is 30.0 Å². The summed E-state index contributed by atoms with van der Waals surface area (Å²) in [6, 6.07) is 3.20. The quantitative estimate of drug-likeness (QED) is 0.356. The van der Waals surface area contributed by atoms with Gasteiger partial charge in [-0.2, -0.15) is 26.3 Å². The molecule has 0 aliphatic carbocycles. The van der Waals surface area contributed by atoms with E-state index in [0.717, 1.165) is 31.5 Å². The van der Waals surface area contributed by atoms with E-state index in [2.05, 4.69) is 15.1 Å². The van der Waals surface area contributed by atoms with Gasteiger partial charge in [0, 0.05) is 31.5 Å². The number of hydrogen-bond donors (Lipinski definition) is 0. The lowest BCUT2D eigenvalue weighted by Gasteiger charge is -2.30. The van der Waals surface area contributed by atoms with Crippen LogP contribution in [0.3, 0.4) is 0 Å². The number of hydrogen-bond acceptors (Lipinski definition) is 5. The summed E-state index contributed by atoms with van der Waals surface area (Å²) in [6.45, 7) is 1.19. The van der Waals surface area contributed by atoms with Crippen LogP contribution < -0.4 is 4.74 Å². The minimum absolute atomic E-state index is 0.00519. The van der Waals surface area contributed by atoms with Crippen molar-refractivity contribution in [3.63, 3.8) is 0 Å². The zero-order valence-electron chi connectivity index (χ0n) is 18.4. The minimum atomic E-state index is -4.88. The summed E-state index contributed by atoms with van der Waals surface area (Å²) in [5.41, 5.74) is -2.82. The summed E-state index contributed by atoms with van der Waals surface area (Å²) in [6.07, 6.45) is -6.44. The number of piperidine rings is 1. The summed E-state index contributed by atoms with van der Waals surface area (Å²) in [5.74, 6) is -0.0829. The van der Waals surface area contributed by atoms with Crippen molar-refractivity contribution in [1.82, 2.24) is 19.7 Å². The van der Waals surface area contributed by atoms with Gasteiger partial charge in [0.1, 0.15) is 5.69 Å². The van der Waals surface area contributed by atoms with Gasteiger partial charge in [0.15, 0.2) is 18.2 Å².